The molecule has 3 aliphatic rings. The maximum Gasteiger partial charge on any atom is 0.213 e. The Morgan fingerprint density at radius 1 is 1.45 bits per heavy atom. The molecule has 8 heteroatoms. The van der Waals surface area contributed by atoms with Crippen molar-refractivity contribution in [3.63, 3.8) is 0 Å². The normalized spacial score (nSPS) is 26.1. The van der Waals surface area contributed by atoms with E-state index in [1.165, 1.54) is 0 Å². The van der Waals surface area contributed by atoms with Crippen molar-refractivity contribution in [2.24, 2.45) is 15.7 Å². The average Bonchev–Trinajstić information content (AvgIpc) is 3.17. The van der Waals surface area contributed by atoms with Crippen molar-refractivity contribution < 1.29 is 4.74 Å². The summed E-state index contributed by atoms with van der Waals surface area (Å²) in [5.41, 5.74) is 13.5. The maximum absolute atomic E-state index is 5.84. The van der Waals surface area contributed by atoms with Crippen molar-refractivity contribution in [2.45, 2.75) is 38.4 Å². The number of methoxy groups -OCH3 is 1. The molecule has 1 aromatic heterocycles. The summed E-state index contributed by atoms with van der Waals surface area (Å²) in [6, 6.07) is 2.24. The summed E-state index contributed by atoms with van der Waals surface area (Å²) in [7, 11) is 1.64. The number of guanidine groups is 1. The highest BCUT2D eigenvalue weighted by Gasteiger charge is 2.31. The molecule has 0 bridgehead atoms. The molecular formula is C21H27N7O. The number of nitrogens with two attached hydrogens (primary N) is 1. The van der Waals surface area contributed by atoms with Crippen LogP contribution in [-0.2, 0) is 0 Å². The smallest absolute Gasteiger partial charge is 0.213 e. The molecule has 2 unspecified atom stereocenters. The molecule has 0 radical (unpaired) electrons. The summed E-state index contributed by atoms with van der Waals surface area (Å²) in [6.07, 6.45) is 13.9. The number of pyridine rings is 1. The first-order chi connectivity index (χ1) is 14.2. The van der Waals surface area contributed by atoms with E-state index in [0.29, 0.717) is 0 Å². The standard InChI is InChI=1S/C21H27N7O/c1-3-24-19-7-6-16(9-14(19)11-22)25-21-26-20-18(5-4-8-28(20)27-21)15-10-17(29-2)13-23-12-15/h4-5,8,10-13,16,20H,3,6-7,9,22H2,1-2H3,(H2,25,26,27). The van der Waals surface area contributed by atoms with E-state index in [9.17, 15) is 0 Å². The monoisotopic (exact) mass is 393 g/mol. The van der Waals surface area contributed by atoms with E-state index in [-0.39, 0.29) is 12.2 Å². The highest BCUT2D eigenvalue weighted by Crippen LogP contribution is 2.30. The van der Waals surface area contributed by atoms with Crippen LogP contribution in [0.15, 0.2) is 58.6 Å². The molecule has 1 aliphatic carbocycles. The van der Waals surface area contributed by atoms with Gasteiger partial charge >= 0.3 is 0 Å². The number of aromatic nitrogens is 1. The number of hydrazine groups is 1. The molecule has 0 saturated heterocycles. The fourth-order valence-electron chi connectivity index (χ4n) is 3.87. The number of rotatable bonds is 4. The van der Waals surface area contributed by atoms with Crippen molar-refractivity contribution in [3.05, 3.63) is 54.1 Å². The Morgan fingerprint density at radius 2 is 2.34 bits per heavy atom. The molecule has 8 nitrogen and oxygen atoms in total. The Balaban J connectivity index is 1.48. The van der Waals surface area contributed by atoms with Crippen LogP contribution in [-0.4, -0.2) is 47.5 Å². The Morgan fingerprint density at radius 3 is 3.14 bits per heavy atom. The predicted molar refractivity (Wildman–Crippen MR) is 115 cm³/mol. The zero-order valence-electron chi connectivity index (χ0n) is 16.8. The molecule has 0 spiro atoms. The van der Waals surface area contributed by atoms with E-state index >= 15 is 0 Å². The summed E-state index contributed by atoms with van der Waals surface area (Å²) in [5.74, 6) is 1.49. The number of aliphatic imine (C=N–C) groups is 2. The van der Waals surface area contributed by atoms with Gasteiger partial charge in [-0.2, -0.15) is 0 Å². The predicted octanol–water partition coefficient (Wildman–Crippen LogP) is 1.95. The highest BCUT2D eigenvalue weighted by molar-refractivity contribution is 6.01. The van der Waals surface area contributed by atoms with Gasteiger partial charge in [-0.05, 0) is 50.1 Å². The summed E-state index contributed by atoms with van der Waals surface area (Å²) < 4.78 is 5.31. The second kappa shape index (κ2) is 8.38. The lowest BCUT2D eigenvalue weighted by atomic mass is 9.89. The molecule has 1 saturated carbocycles. The Hall–Kier alpha value is -3.29. The van der Waals surface area contributed by atoms with Crippen LogP contribution in [0.3, 0.4) is 0 Å². The Labute approximate surface area is 170 Å². The lowest BCUT2D eigenvalue weighted by Crippen LogP contribution is -2.47. The van der Waals surface area contributed by atoms with Crippen LogP contribution >= 0.6 is 0 Å². The van der Waals surface area contributed by atoms with Gasteiger partial charge in [-0.1, -0.05) is 6.08 Å². The number of nitrogens with zero attached hydrogens (tertiary/aromatic N) is 4. The van der Waals surface area contributed by atoms with Crippen LogP contribution in [0.1, 0.15) is 31.7 Å². The van der Waals surface area contributed by atoms with Crippen LogP contribution in [0.25, 0.3) is 5.57 Å². The second-order valence-electron chi connectivity index (χ2n) is 7.14. The van der Waals surface area contributed by atoms with Crippen molar-refractivity contribution >= 4 is 17.2 Å². The molecule has 152 valence electrons. The lowest BCUT2D eigenvalue weighted by molar-refractivity contribution is 0.318. The zero-order chi connectivity index (χ0) is 20.2. The highest BCUT2D eigenvalue weighted by atomic mass is 16.5. The van der Waals surface area contributed by atoms with E-state index in [1.807, 2.05) is 29.5 Å². The molecule has 0 amide bonds. The fraction of sp³-hybridized carbons (Fsp3) is 0.381. The average molecular weight is 393 g/mol. The Kier molecular flexibility index (Phi) is 5.50. The van der Waals surface area contributed by atoms with Crippen LogP contribution < -0.4 is 21.2 Å². The number of allylic oxidation sites excluding steroid dienone is 2. The van der Waals surface area contributed by atoms with E-state index < -0.39 is 0 Å². The fourth-order valence-corrected chi connectivity index (χ4v) is 3.87. The number of fused-ring (bicyclic) bond motifs is 1. The van der Waals surface area contributed by atoms with Crippen molar-refractivity contribution in [1.82, 2.24) is 20.7 Å². The van der Waals surface area contributed by atoms with Gasteiger partial charge in [0.25, 0.3) is 0 Å². The van der Waals surface area contributed by atoms with E-state index in [2.05, 4.69) is 33.7 Å². The van der Waals surface area contributed by atoms with Gasteiger partial charge in [0.05, 0.1) is 13.3 Å². The first-order valence-electron chi connectivity index (χ1n) is 9.93. The molecule has 2 aliphatic heterocycles. The van der Waals surface area contributed by atoms with E-state index in [0.717, 1.165) is 59.9 Å². The summed E-state index contributed by atoms with van der Waals surface area (Å²) in [6.45, 7) is 2.84. The number of hydrogen-bond acceptors (Lipinski definition) is 8. The van der Waals surface area contributed by atoms with Crippen molar-refractivity contribution in [3.8, 4) is 5.75 Å². The molecular weight excluding hydrogens is 366 g/mol. The first kappa shape index (κ1) is 19.0. The second-order valence-corrected chi connectivity index (χ2v) is 7.14. The van der Waals surface area contributed by atoms with E-state index in [1.54, 1.807) is 19.5 Å². The summed E-state index contributed by atoms with van der Waals surface area (Å²) in [4.78, 5) is 13.7. The van der Waals surface area contributed by atoms with Gasteiger partial charge in [0, 0.05) is 41.8 Å². The zero-order valence-corrected chi connectivity index (χ0v) is 16.8. The first-order valence-corrected chi connectivity index (χ1v) is 9.93. The van der Waals surface area contributed by atoms with Crippen molar-refractivity contribution in [1.29, 1.82) is 0 Å². The molecule has 4 rings (SSSR count). The largest absolute Gasteiger partial charge is 0.495 e. The summed E-state index contributed by atoms with van der Waals surface area (Å²) >= 11 is 0. The number of ether oxygens (including phenoxy) is 1. The van der Waals surface area contributed by atoms with Gasteiger partial charge in [-0.15, -0.1) is 0 Å². The molecule has 1 aromatic rings. The Bertz CT molecular complexity index is 915. The number of hydrogen-bond donors (Lipinski definition) is 3. The molecule has 29 heavy (non-hydrogen) atoms. The summed E-state index contributed by atoms with van der Waals surface area (Å²) in [5, 5.41) is 5.53. The van der Waals surface area contributed by atoms with Crippen LogP contribution in [0, 0.1) is 0 Å². The minimum absolute atomic E-state index is 0.151. The van der Waals surface area contributed by atoms with Gasteiger partial charge in [0.15, 0.2) is 6.17 Å². The van der Waals surface area contributed by atoms with Gasteiger partial charge < -0.3 is 15.8 Å². The molecule has 1 fully saturated rings. The van der Waals surface area contributed by atoms with Gasteiger partial charge in [0.1, 0.15) is 5.75 Å². The third-order valence-electron chi connectivity index (χ3n) is 5.29. The third-order valence-corrected chi connectivity index (χ3v) is 5.29. The molecule has 3 heterocycles. The minimum Gasteiger partial charge on any atom is -0.495 e. The SMILES string of the molecule is CCN=C1CCC(NC2=NC3C(c4cncc(OC)c4)=CC=CN3N2)CC1=CN. The van der Waals surface area contributed by atoms with Crippen LogP contribution in [0.4, 0.5) is 0 Å². The van der Waals surface area contributed by atoms with Crippen molar-refractivity contribution in [2.75, 3.05) is 13.7 Å². The van der Waals surface area contributed by atoms with Crippen LogP contribution in [0.2, 0.25) is 0 Å². The van der Waals surface area contributed by atoms with E-state index in [4.69, 9.17) is 15.5 Å². The van der Waals surface area contributed by atoms with Crippen LogP contribution in [0.5, 0.6) is 5.75 Å². The van der Waals surface area contributed by atoms with Gasteiger partial charge in [-0.25, -0.2) is 4.99 Å². The van der Waals surface area contributed by atoms with Gasteiger partial charge in [0.2, 0.25) is 5.96 Å². The minimum atomic E-state index is -0.151. The quantitative estimate of drug-likeness (QED) is 0.723. The topological polar surface area (TPSA) is 100 Å². The maximum atomic E-state index is 5.84. The molecule has 0 aromatic carbocycles. The lowest BCUT2D eigenvalue weighted by Gasteiger charge is -2.28. The molecule has 2 atom stereocenters. The third kappa shape index (κ3) is 3.96. The molecule has 4 N–H and O–H groups in total. The number of nitrogens with one attached hydrogen (secondary N) is 2. The van der Waals surface area contributed by atoms with Gasteiger partial charge in [-0.3, -0.25) is 20.4 Å².